The van der Waals surface area contributed by atoms with Crippen LogP contribution in [0.2, 0.25) is 0 Å². The van der Waals surface area contributed by atoms with Gasteiger partial charge in [-0.3, -0.25) is 19.8 Å². The molecule has 1 saturated heterocycles. The molecule has 0 radical (unpaired) electrons. The zero-order valence-electron chi connectivity index (χ0n) is 11.8. The standard InChI is InChI=1S/C15H21N3O2/c1-2-18(13-8-9-16-10-13)11-14(19)17-15(20)12-6-4-3-5-7-12/h3-7,13,16H,2,8-11H2,1H3,(H,17,19,20). The molecule has 1 aliphatic rings. The van der Waals surface area contributed by atoms with Crippen molar-refractivity contribution in [3.05, 3.63) is 35.9 Å². The zero-order chi connectivity index (χ0) is 14.4. The van der Waals surface area contributed by atoms with Crippen molar-refractivity contribution in [2.24, 2.45) is 0 Å². The maximum absolute atomic E-state index is 12.0. The summed E-state index contributed by atoms with van der Waals surface area (Å²) >= 11 is 0. The Labute approximate surface area is 119 Å². The second-order valence-electron chi connectivity index (χ2n) is 4.95. The lowest BCUT2D eigenvalue weighted by Crippen LogP contribution is -2.45. The van der Waals surface area contributed by atoms with Gasteiger partial charge in [-0.25, -0.2) is 0 Å². The average Bonchev–Trinajstić information content (AvgIpc) is 2.99. The first kappa shape index (κ1) is 14.7. The topological polar surface area (TPSA) is 61.4 Å². The molecule has 1 aliphatic heterocycles. The predicted molar refractivity (Wildman–Crippen MR) is 77.4 cm³/mol. The highest BCUT2D eigenvalue weighted by molar-refractivity contribution is 6.05. The number of nitrogens with one attached hydrogen (secondary N) is 2. The largest absolute Gasteiger partial charge is 0.315 e. The smallest absolute Gasteiger partial charge is 0.257 e. The van der Waals surface area contributed by atoms with Crippen LogP contribution in [0.3, 0.4) is 0 Å². The Hall–Kier alpha value is -1.72. The normalized spacial score (nSPS) is 18.2. The number of likely N-dealkylation sites (N-methyl/N-ethyl adjacent to an activating group) is 1. The van der Waals surface area contributed by atoms with Gasteiger partial charge in [0, 0.05) is 18.2 Å². The van der Waals surface area contributed by atoms with E-state index < -0.39 is 0 Å². The average molecular weight is 275 g/mol. The molecule has 1 atom stereocenters. The SMILES string of the molecule is CCN(CC(=O)NC(=O)c1ccccc1)C1CCNC1. The molecule has 2 N–H and O–H groups in total. The van der Waals surface area contributed by atoms with Gasteiger partial charge in [0.15, 0.2) is 0 Å². The summed E-state index contributed by atoms with van der Waals surface area (Å²) in [5.41, 5.74) is 0.506. The van der Waals surface area contributed by atoms with Gasteiger partial charge in [0.25, 0.3) is 5.91 Å². The predicted octanol–water partition coefficient (Wildman–Crippen LogP) is 0.627. The molecular formula is C15H21N3O2. The van der Waals surface area contributed by atoms with Crippen molar-refractivity contribution in [2.75, 3.05) is 26.2 Å². The summed E-state index contributed by atoms with van der Waals surface area (Å²) in [4.78, 5) is 25.9. The second-order valence-corrected chi connectivity index (χ2v) is 4.95. The van der Waals surface area contributed by atoms with E-state index in [1.807, 2.05) is 13.0 Å². The van der Waals surface area contributed by atoms with Gasteiger partial charge in [0.2, 0.25) is 5.91 Å². The van der Waals surface area contributed by atoms with Gasteiger partial charge in [-0.05, 0) is 31.6 Å². The monoisotopic (exact) mass is 275 g/mol. The molecule has 2 amide bonds. The van der Waals surface area contributed by atoms with Crippen LogP contribution < -0.4 is 10.6 Å². The summed E-state index contributed by atoms with van der Waals surface area (Å²) in [5.74, 6) is -0.580. The number of hydrogen-bond donors (Lipinski definition) is 2. The van der Waals surface area contributed by atoms with Gasteiger partial charge in [-0.2, -0.15) is 0 Å². The lowest BCUT2D eigenvalue weighted by Gasteiger charge is -2.25. The quantitative estimate of drug-likeness (QED) is 0.827. The van der Waals surface area contributed by atoms with Crippen molar-refractivity contribution < 1.29 is 9.59 Å². The van der Waals surface area contributed by atoms with E-state index in [9.17, 15) is 9.59 Å². The molecule has 5 nitrogen and oxygen atoms in total. The third-order valence-electron chi connectivity index (χ3n) is 3.59. The van der Waals surface area contributed by atoms with E-state index in [2.05, 4.69) is 15.5 Å². The van der Waals surface area contributed by atoms with Gasteiger partial charge in [0.1, 0.15) is 0 Å². The minimum Gasteiger partial charge on any atom is -0.315 e. The number of rotatable bonds is 5. The number of nitrogens with zero attached hydrogens (tertiary/aromatic N) is 1. The third kappa shape index (κ3) is 3.88. The fourth-order valence-electron chi connectivity index (χ4n) is 2.46. The van der Waals surface area contributed by atoms with E-state index >= 15 is 0 Å². The lowest BCUT2D eigenvalue weighted by atomic mass is 10.2. The Morgan fingerprint density at radius 3 is 2.70 bits per heavy atom. The van der Waals surface area contributed by atoms with Crippen molar-refractivity contribution in [2.45, 2.75) is 19.4 Å². The highest BCUT2D eigenvalue weighted by Crippen LogP contribution is 2.07. The minimum atomic E-state index is -0.337. The molecule has 1 heterocycles. The first-order valence-electron chi connectivity index (χ1n) is 7.04. The molecule has 0 bridgehead atoms. The maximum atomic E-state index is 12.0. The van der Waals surface area contributed by atoms with E-state index in [1.165, 1.54) is 0 Å². The molecule has 2 rings (SSSR count). The Morgan fingerprint density at radius 2 is 2.10 bits per heavy atom. The summed E-state index contributed by atoms with van der Waals surface area (Å²) in [5, 5.41) is 5.73. The fourth-order valence-corrected chi connectivity index (χ4v) is 2.46. The summed E-state index contributed by atoms with van der Waals surface area (Å²) in [6.45, 7) is 5.00. The Balaban J connectivity index is 1.86. The number of benzene rings is 1. The van der Waals surface area contributed by atoms with Crippen molar-refractivity contribution in [3.63, 3.8) is 0 Å². The molecule has 1 fully saturated rings. The van der Waals surface area contributed by atoms with E-state index in [4.69, 9.17) is 0 Å². The van der Waals surface area contributed by atoms with Crippen LogP contribution in [0, 0.1) is 0 Å². The van der Waals surface area contributed by atoms with Crippen LogP contribution in [-0.4, -0.2) is 48.9 Å². The lowest BCUT2D eigenvalue weighted by molar-refractivity contribution is -0.121. The Morgan fingerprint density at radius 1 is 1.35 bits per heavy atom. The zero-order valence-corrected chi connectivity index (χ0v) is 11.8. The van der Waals surface area contributed by atoms with Crippen LogP contribution in [0.25, 0.3) is 0 Å². The highest BCUT2D eigenvalue weighted by Gasteiger charge is 2.23. The highest BCUT2D eigenvalue weighted by atomic mass is 16.2. The van der Waals surface area contributed by atoms with Crippen molar-refractivity contribution in [1.29, 1.82) is 0 Å². The molecule has 5 heteroatoms. The van der Waals surface area contributed by atoms with Crippen molar-refractivity contribution >= 4 is 11.8 Å². The van der Waals surface area contributed by atoms with Crippen molar-refractivity contribution in [3.8, 4) is 0 Å². The van der Waals surface area contributed by atoms with Crippen LogP contribution in [0.5, 0.6) is 0 Å². The Bertz CT molecular complexity index is 455. The van der Waals surface area contributed by atoms with Crippen LogP contribution in [0.4, 0.5) is 0 Å². The van der Waals surface area contributed by atoms with Gasteiger partial charge in [-0.15, -0.1) is 0 Å². The van der Waals surface area contributed by atoms with E-state index in [-0.39, 0.29) is 18.4 Å². The third-order valence-corrected chi connectivity index (χ3v) is 3.59. The molecular weight excluding hydrogens is 254 g/mol. The summed E-state index contributed by atoms with van der Waals surface area (Å²) in [7, 11) is 0. The molecule has 0 aromatic heterocycles. The minimum absolute atomic E-state index is 0.243. The van der Waals surface area contributed by atoms with E-state index in [0.29, 0.717) is 11.6 Å². The number of carbonyl (C=O) groups is 2. The number of hydrogen-bond acceptors (Lipinski definition) is 4. The van der Waals surface area contributed by atoms with Gasteiger partial charge >= 0.3 is 0 Å². The van der Waals surface area contributed by atoms with E-state index in [0.717, 1.165) is 26.1 Å². The first-order chi connectivity index (χ1) is 9.70. The van der Waals surface area contributed by atoms with Crippen LogP contribution >= 0.6 is 0 Å². The van der Waals surface area contributed by atoms with Crippen LogP contribution in [0.15, 0.2) is 30.3 Å². The molecule has 0 saturated carbocycles. The van der Waals surface area contributed by atoms with Crippen LogP contribution in [0.1, 0.15) is 23.7 Å². The van der Waals surface area contributed by atoms with Gasteiger partial charge in [-0.1, -0.05) is 25.1 Å². The molecule has 1 unspecified atom stereocenters. The Kier molecular flexibility index (Phi) is 5.26. The number of carbonyl (C=O) groups excluding carboxylic acids is 2. The summed E-state index contributed by atoms with van der Waals surface area (Å²) in [6, 6.07) is 9.17. The van der Waals surface area contributed by atoms with Gasteiger partial charge < -0.3 is 5.32 Å². The molecule has 0 spiro atoms. The maximum Gasteiger partial charge on any atom is 0.257 e. The molecule has 1 aromatic rings. The van der Waals surface area contributed by atoms with E-state index in [1.54, 1.807) is 24.3 Å². The molecule has 0 aliphatic carbocycles. The molecule has 1 aromatic carbocycles. The number of amides is 2. The summed E-state index contributed by atoms with van der Waals surface area (Å²) in [6.07, 6.45) is 1.05. The summed E-state index contributed by atoms with van der Waals surface area (Å²) < 4.78 is 0. The number of imide groups is 1. The van der Waals surface area contributed by atoms with Gasteiger partial charge in [0.05, 0.1) is 6.54 Å². The van der Waals surface area contributed by atoms with Crippen molar-refractivity contribution in [1.82, 2.24) is 15.5 Å². The van der Waals surface area contributed by atoms with Crippen LogP contribution in [-0.2, 0) is 4.79 Å². The second kappa shape index (κ2) is 7.17. The molecule has 108 valence electrons. The fraction of sp³-hybridized carbons (Fsp3) is 0.467. The molecule has 20 heavy (non-hydrogen) atoms. The first-order valence-corrected chi connectivity index (χ1v) is 7.04.